The van der Waals surface area contributed by atoms with Crippen molar-refractivity contribution in [3.05, 3.63) is 101 Å². The number of ether oxygens (including phenoxy) is 1. The Labute approximate surface area is 163 Å². The molecule has 0 saturated heterocycles. The zero-order valence-electron chi connectivity index (χ0n) is 15.6. The number of hydrogen-bond donors (Lipinski definition) is 1. The second-order valence-electron chi connectivity index (χ2n) is 7.05. The number of rotatable bonds is 4. The number of nitrogens with zero attached hydrogens (tertiary/aromatic N) is 1. The van der Waals surface area contributed by atoms with E-state index in [1.54, 1.807) is 7.11 Å². The van der Waals surface area contributed by atoms with Gasteiger partial charge in [0.25, 0.3) is 5.91 Å². The Morgan fingerprint density at radius 3 is 2.39 bits per heavy atom. The number of carbonyl (C=O) groups is 1. The molecule has 0 spiro atoms. The Morgan fingerprint density at radius 2 is 1.64 bits per heavy atom. The van der Waals surface area contributed by atoms with Crippen LogP contribution < -0.4 is 4.74 Å². The Bertz CT molecular complexity index is 1150. The van der Waals surface area contributed by atoms with Crippen LogP contribution in [0, 0.1) is 0 Å². The second kappa shape index (κ2) is 6.57. The first-order valence-corrected chi connectivity index (χ1v) is 9.35. The van der Waals surface area contributed by atoms with Gasteiger partial charge in [-0.3, -0.25) is 4.79 Å². The van der Waals surface area contributed by atoms with E-state index in [2.05, 4.69) is 23.2 Å². The maximum atomic E-state index is 13.3. The van der Waals surface area contributed by atoms with Crippen LogP contribution in [0.5, 0.6) is 5.75 Å². The highest BCUT2D eigenvalue weighted by Gasteiger charge is 2.40. The lowest BCUT2D eigenvalue weighted by Crippen LogP contribution is -2.28. The number of amides is 1. The molecule has 0 radical (unpaired) electrons. The van der Waals surface area contributed by atoms with Crippen molar-refractivity contribution in [1.29, 1.82) is 0 Å². The highest BCUT2D eigenvalue weighted by Crippen LogP contribution is 2.43. The third-order valence-corrected chi connectivity index (χ3v) is 5.43. The van der Waals surface area contributed by atoms with Crippen molar-refractivity contribution in [3.63, 3.8) is 0 Å². The van der Waals surface area contributed by atoms with Gasteiger partial charge in [0.05, 0.1) is 13.2 Å². The van der Waals surface area contributed by atoms with Gasteiger partial charge in [0.15, 0.2) is 0 Å². The van der Waals surface area contributed by atoms with Crippen LogP contribution in [0.3, 0.4) is 0 Å². The average Bonchev–Trinajstić information content (AvgIpc) is 3.25. The molecule has 1 aliphatic rings. The summed E-state index contributed by atoms with van der Waals surface area (Å²) in [6.07, 6.45) is 0. The van der Waals surface area contributed by atoms with Crippen molar-refractivity contribution in [1.82, 2.24) is 9.88 Å². The van der Waals surface area contributed by atoms with Gasteiger partial charge in [-0.1, -0.05) is 60.7 Å². The molecule has 1 aromatic heterocycles. The van der Waals surface area contributed by atoms with Crippen LogP contribution in [0.25, 0.3) is 10.9 Å². The standard InChI is InChI=1S/C24H20N2O2/c1-28-18-13-11-16(12-14-18)15-26-23(17-7-3-2-4-8-17)21-19-9-5-6-10-20(19)25-22(21)24(26)27/h2-14,23,25H,15H2,1H3. The topological polar surface area (TPSA) is 45.3 Å². The normalized spacial score (nSPS) is 15.8. The van der Waals surface area contributed by atoms with Gasteiger partial charge in [0.2, 0.25) is 0 Å². The number of para-hydroxylation sites is 1. The highest BCUT2D eigenvalue weighted by molar-refractivity contribution is 6.05. The average molecular weight is 368 g/mol. The number of methoxy groups -OCH3 is 1. The van der Waals surface area contributed by atoms with E-state index < -0.39 is 0 Å². The molecule has 138 valence electrons. The van der Waals surface area contributed by atoms with Crippen LogP contribution in [0.1, 0.15) is 33.2 Å². The summed E-state index contributed by atoms with van der Waals surface area (Å²) in [6.45, 7) is 0.541. The van der Waals surface area contributed by atoms with Gasteiger partial charge in [-0.25, -0.2) is 0 Å². The fourth-order valence-corrected chi connectivity index (χ4v) is 4.11. The number of nitrogens with one attached hydrogen (secondary N) is 1. The largest absolute Gasteiger partial charge is 0.497 e. The summed E-state index contributed by atoms with van der Waals surface area (Å²) in [4.78, 5) is 18.6. The van der Waals surface area contributed by atoms with Crippen molar-refractivity contribution >= 4 is 16.8 Å². The third-order valence-electron chi connectivity index (χ3n) is 5.43. The summed E-state index contributed by atoms with van der Waals surface area (Å²) < 4.78 is 5.25. The third kappa shape index (κ3) is 2.57. The van der Waals surface area contributed by atoms with Crippen molar-refractivity contribution in [3.8, 4) is 5.75 Å². The minimum Gasteiger partial charge on any atom is -0.497 e. The molecule has 5 rings (SSSR count). The number of hydrogen-bond acceptors (Lipinski definition) is 2. The van der Waals surface area contributed by atoms with Crippen molar-refractivity contribution in [2.45, 2.75) is 12.6 Å². The summed E-state index contributed by atoms with van der Waals surface area (Å²) >= 11 is 0. The summed E-state index contributed by atoms with van der Waals surface area (Å²) in [5, 5.41) is 1.11. The summed E-state index contributed by atoms with van der Waals surface area (Å²) in [7, 11) is 1.65. The molecule has 4 aromatic rings. The van der Waals surface area contributed by atoms with Crippen molar-refractivity contribution < 1.29 is 9.53 Å². The van der Waals surface area contributed by atoms with E-state index in [4.69, 9.17) is 4.74 Å². The molecule has 0 saturated carbocycles. The first-order valence-electron chi connectivity index (χ1n) is 9.35. The quantitative estimate of drug-likeness (QED) is 0.556. The van der Waals surface area contributed by atoms with E-state index in [1.165, 1.54) is 0 Å². The fraction of sp³-hybridized carbons (Fsp3) is 0.125. The molecule has 3 aromatic carbocycles. The van der Waals surface area contributed by atoms with Gasteiger partial charge in [-0.15, -0.1) is 0 Å². The zero-order chi connectivity index (χ0) is 19.1. The maximum Gasteiger partial charge on any atom is 0.271 e. The minimum atomic E-state index is -0.109. The van der Waals surface area contributed by atoms with Gasteiger partial charge in [-0.2, -0.15) is 0 Å². The molecule has 1 amide bonds. The lowest BCUT2D eigenvalue weighted by molar-refractivity contribution is 0.0732. The molecule has 1 atom stereocenters. The monoisotopic (exact) mass is 368 g/mol. The SMILES string of the molecule is COc1ccc(CN2C(=O)c3[nH]c4ccccc4c3C2c2ccccc2)cc1. The highest BCUT2D eigenvalue weighted by atomic mass is 16.5. The van der Waals surface area contributed by atoms with Crippen LogP contribution in [-0.4, -0.2) is 22.9 Å². The van der Waals surface area contributed by atoms with Gasteiger partial charge in [0.1, 0.15) is 11.4 Å². The Hall–Kier alpha value is -3.53. The van der Waals surface area contributed by atoms with E-state index in [-0.39, 0.29) is 11.9 Å². The van der Waals surface area contributed by atoms with E-state index >= 15 is 0 Å². The van der Waals surface area contributed by atoms with Crippen LogP contribution in [0.4, 0.5) is 0 Å². The summed E-state index contributed by atoms with van der Waals surface area (Å²) in [6, 6.07) is 26.2. The van der Waals surface area contributed by atoms with Crippen LogP contribution in [-0.2, 0) is 6.54 Å². The lowest BCUT2D eigenvalue weighted by atomic mass is 9.98. The maximum absolute atomic E-state index is 13.3. The Morgan fingerprint density at radius 1 is 0.929 bits per heavy atom. The van der Waals surface area contributed by atoms with Crippen LogP contribution >= 0.6 is 0 Å². The summed E-state index contributed by atoms with van der Waals surface area (Å²) in [5.41, 5.74) is 4.96. The molecule has 4 heteroatoms. The predicted octanol–water partition coefficient (Wildman–Crippen LogP) is 4.92. The van der Waals surface area contributed by atoms with E-state index in [9.17, 15) is 4.79 Å². The first kappa shape index (κ1) is 16.6. The molecular formula is C24H20N2O2. The lowest BCUT2D eigenvalue weighted by Gasteiger charge is -2.26. The minimum absolute atomic E-state index is 0.0378. The molecule has 1 N–H and O–H groups in total. The smallest absolute Gasteiger partial charge is 0.271 e. The summed E-state index contributed by atoms with van der Waals surface area (Å²) in [5.74, 6) is 0.850. The Balaban J connectivity index is 1.62. The van der Waals surface area contributed by atoms with Crippen LogP contribution in [0.15, 0.2) is 78.9 Å². The van der Waals surface area contributed by atoms with Gasteiger partial charge in [0, 0.05) is 23.0 Å². The van der Waals surface area contributed by atoms with E-state index in [0.717, 1.165) is 33.3 Å². The van der Waals surface area contributed by atoms with Gasteiger partial charge < -0.3 is 14.6 Å². The van der Waals surface area contributed by atoms with Crippen molar-refractivity contribution in [2.24, 2.45) is 0 Å². The van der Waals surface area contributed by atoms with Crippen LogP contribution in [0.2, 0.25) is 0 Å². The molecular weight excluding hydrogens is 348 g/mol. The zero-order valence-corrected chi connectivity index (χ0v) is 15.6. The molecule has 2 heterocycles. The molecule has 1 unspecified atom stereocenters. The molecule has 4 nitrogen and oxygen atoms in total. The number of carbonyl (C=O) groups excluding carboxylic acids is 1. The molecule has 28 heavy (non-hydrogen) atoms. The molecule has 1 aliphatic heterocycles. The fourth-order valence-electron chi connectivity index (χ4n) is 4.11. The Kier molecular flexibility index (Phi) is 3.90. The second-order valence-corrected chi connectivity index (χ2v) is 7.05. The predicted molar refractivity (Wildman–Crippen MR) is 109 cm³/mol. The first-order chi connectivity index (χ1) is 13.8. The number of aromatic amines is 1. The molecule has 0 aliphatic carbocycles. The number of aromatic nitrogens is 1. The molecule has 0 bridgehead atoms. The number of fused-ring (bicyclic) bond motifs is 3. The van der Waals surface area contributed by atoms with Crippen molar-refractivity contribution in [2.75, 3.05) is 7.11 Å². The molecule has 0 fully saturated rings. The van der Waals surface area contributed by atoms with E-state index in [0.29, 0.717) is 12.2 Å². The van der Waals surface area contributed by atoms with Gasteiger partial charge in [-0.05, 0) is 29.3 Å². The van der Waals surface area contributed by atoms with Gasteiger partial charge >= 0.3 is 0 Å². The number of H-pyrrole nitrogens is 1. The number of benzene rings is 3. The van der Waals surface area contributed by atoms with E-state index in [1.807, 2.05) is 65.6 Å².